The van der Waals surface area contributed by atoms with Crippen molar-refractivity contribution >= 4 is 33.0 Å². The van der Waals surface area contributed by atoms with Crippen LogP contribution in [0.15, 0.2) is 59.1 Å². The van der Waals surface area contributed by atoms with E-state index in [4.69, 9.17) is 16.3 Å². The molecule has 0 amide bonds. The van der Waals surface area contributed by atoms with Gasteiger partial charge >= 0.3 is 0 Å². The predicted octanol–water partition coefficient (Wildman–Crippen LogP) is 5.06. The third-order valence-corrected chi connectivity index (χ3v) is 9.24. The number of aromatic nitrogens is 1. The number of sulfonamides is 1. The summed E-state index contributed by atoms with van der Waals surface area (Å²) in [5.74, 6) is 2.12. The highest BCUT2D eigenvalue weighted by Crippen LogP contribution is 2.42. The van der Waals surface area contributed by atoms with Crippen molar-refractivity contribution in [2.75, 3.05) is 0 Å². The molecule has 1 fully saturated rings. The van der Waals surface area contributed by atoms with Gasteiger partial charge in [-0.2, -0.15) is 0 Å². The zero-order valence-electron chi connectivity index (χ0n) is 16.1. The Morgan fingerprint density at radius 2 is 1.70 bits per heavy atom. The lowest BCUT2D eigenvalue weighted by Crippen LogP contribution is -2.41. The fourth-order valence-electron chi connectivity index (χ4n) is 4.66. The summed E-state index contributed by atoms with van der Waals surface area (Å²) in [6.07, 6.45) is 7.19. The van der Waals surface area contributed by atoms with Crippen molar-refractivity contribution in [3.63, 3.8) is 0 Å². The van der Waals surface area contributed by atoms with Crippen LogP contribution in [0.4, 0.5) is 0 Å². The molecule has 2 aliphatic rings. The smallest absolute Gasteiger partial charge is 0.250 e. The van der Waals surface area contributed by atoms with E-state index in [0.29, 0.717) is 10.3 Å². The van der Waals surface area contributed by atoms with E-state index in [1.807, 2.05) is 18.2 Å². The van der Waals surface area contributed by atoms with Crippen LogP contribution in [-0.2, 0) is 22.9 Å². The lowest BCUT2D eigenvalue weighted by Gasteiger charge is -2.23. The van der Waals surface area contributed by atoms with Crippen LogP contribution >= 0.6 is 22.9 Å². The Labute approximate surface area is 185 Å². The highest BCUT2D eigenvalue weighted by Gasteiger charge is 2.41. The first-order valence-electron chi connectivity index (χ1n) is 9.95. The molecule has 5 rings (SSSR count). The Balaban J connectivity index is 1.37. The normalized spacial score (nSPS) is 23.0. The van der Waals surface area contributed by atoms with Crippen LogP contribution in [-0.4, -0.2) is 19.4 Å². The summed E-state index contributed by atoms with van der Waals surface area (Å²) < 4.78 is 35.5. The summed E-state index contributed by atoms with van der Waals surface area (Å²) in [7, 11) is -3.56. The lowest BCUT2D eigenvalue weighted by atomic mass is 9.93. The van der Waals surface area contributed by atoms with Crippen LogP contribution in [0.5, 0.6) is 11.5 Å². The molecule has 2 aliphatic carbocycles. The van der Waals surface area contributed by atoms with Crippen molar-refractivity contribution < 1.29 is 13.2 Å². The van der Waals surface area contributed by atoms with Crippen LogP contribution in [0.2, 0.25) is 4.34 Å². The zero-order valence-corrected chi connectivity index (χ0v) is 18.5. The lowest BCUT2D eigenvalue weighted by molar-refractivity contribution is 0.386. The van der Waals surface area contributed by atoms with Crippen molar-refractivity contribution in [2.45, 2.75) is 35.9 Å². The second-order valence-corrected chi connectivity index (χ2v) is 11.6. The van der Waals surface area contributed by atoms with E-state index >= 15 is 0 Å². The fourth-order valence-corrected chi connectivity index (χ4v) is 7.54. The van der Waals surface area contributed by atoms with Gasteiger partial charge in [0.1, 0.15) is 15.7 Å². The molecule has 3 atom stereocenters. The Morgan fingerprint density at radius 1 is 0.967 bits per heavy atom. The van der Waals surface area contributed by atoms with E-state index in [-0.39, 0.29) is 16.2 Å². The molecule has 2 aromatic heterocycles. The molecule has 2 bridgehead atoms. The molecule has 30 heavy (non-hydrogen) atoms. The maximum atomic E-state index is 12.9. The van der Waals surface area contributed by atoms with Gasteiger partial charge in [-0.1, -0.05) is 17.7 Å². The summed E-state index contributed by atoms with van der Waals surface area (Å²) in [6, 6.07) is 13.0. The summed E-state index contributed by atoms with van der Waals surface area (Å²) in [6.45, 7) is 0. The number of rotatable bonds is 5. The van der Waals surface area contributed by atoms with Crippen LogP contribution in [0, 0.1) is 11.8 Å². The number of nitrogens with zero attached hydrogens (tertiary/aromatic N) is 1. The van der Waals surface area contributed by atoms with E-state index < -0.39 is 10.0 Å². The van der Waals surface area contributed by atoms with Crippen molar-refractivity contribution in [1.82, 2.24) is 9.71 Å². The summed E-state index contributed by atoms with van der Waals surface area (Å²) in [5, 5.41) is 0. The maximum Gasteiger partial charge on any atom is 0.250 e. The second-order valence-electron chi connectivity index (χ2n) is 7.93. The first kappa shape index (κ1) is 20.0. The Hall–Kier alpha value is -1.93. The molecule has 3 aromatic rings. The zero-order chi connectivity index (χ0) is 20.7. The number of pyridine rings is 1. The van der Waals surface area contributed by atoms with Gasteiger partial charge < -0.3 is 4.74 Å². The largest absolute Gasteiger partial charge is 0.457 e. The topological polar surface area (TPSA) is 68.3 Å². The quantitative estimate of drug-likeness (QED) is 0.577. The Bertz CT molecular complexity index is 1160. The second kappa shape index (κ2) is 7.96. The number of nitrogens with one attached hydrogen (secondary N) is 1. The molecule has 0 spiro atoms. The van der Waals surface area contributed by atoms with Gasteiger partial charge in [0.05, 0.1) is 4.34 Å². The minimum atomic E-state index is -3.56. The minimum absolute atomic E-state index is 0.0622. The first-order valence-corrected chi connectivity index (χ1v) is 12.6. The van der Waals surface area contributed by atoms with E-state index in [0.717, 1.165) is 48.5 Å². The van der Waals surface area contributed by atoms with Crippen molar-refractivity contribution in [3.05, 3.63) is 70.3 Å². The van der Waals surface area contributed by atoms with Gasteiger partial charge in [-0.05, 0) is 85.0 Å². The van der Waals surface area contributed by atoms with E-state index in [1.54, 1.807) is 24.5 Å². The SMILES string of the molecule is O=S(=O)(NC1C2CCC1Cc1cc(Oc3ccncc3)ccc1C2)c1ccc(Cl)s1. The van der Waals surface area contributed by atoms with E-state index in [2.05, 4.69) is 21.8 Å². The van der Waals surface area contributed by atoms with E-state index in [9.17, 15) is 8.42 Å². The number of hydrogen-bond donors (Lipinski definition) is 1. The number of benzene rings is 1. The first-order chi connectivity index (χ1) is 14.5. The Kier molecular flexibility index (Phi) is 5.31. The Morgan fingerprint density at radius 3 is 2.40 bits per heavy atom. The molecule has 0 radical (unpaired) electrons. The van der Waals surface area contributed by atoms with Crippen molar-refractivity contribution in [3.8, 4) is 11.5 Å². The molecule has 3 unspecified atom stereocenters. The summed E-state index contributed by atoms with van der Waals surface area (Å²) in [5.41, 5.74) is 2.53. The van der Waals surface area contributed by atoms with Crippen molar-refractivity contribution in [2.24, 2.45) is 11.8 Å². The van der Waals surface area contributed by atoms with Crippen LogP contribution in [0.1, 0.15) is 24.0 Å². The average molecular weight is 461 g/mol. The molecule has 0 saturated heterocycles. The maximum absolute atomic E-state index is 12.9. The van der Waals surface area contributed by atoms with Gasteiger partial charge in [0.25, 0.3) is 0 Å². The molecule has 1 saturated carbocycles. The van der Waals surface area contributed by atoms with Gasteiger partial charge in [0, 0.05) is 18.4 Å². The number of fused-ring (bicyclic) bond motifs is 3. The molecule has 2 heterocycles. The average Bonchev–Trinajstić information content (AvgIpc) is 3.27. The van der Waals surface area contributed by atoms with Crippen LogP contribution in [0.3, 0.4) is 0 Å². The monoisotopic (exact) mass is 460 g/mol. The molecule has 8 heteroatoms. The third-order valence-electron chi connectivity index (χ3n) is 6.06. The number of thiophene rings is 1. The molecule has 0 aliphatic heterocycles. The molecule has 5 nitrogen and oxygen atoms in total. The molecule has 1 N–H and O–H groups in total. The van der Waals surface area contributed by atoms with Crippen LogP contribution in [0.25, 0.3) is 0 Å². The molecule has 1 aromatic carbocycles. The summed E-state index contributed by atoms with van der Waals surface area (Å²) in [4.78, 5) is 4.01. The van der Waals surface area contributed by atoms with Gasteiger partial charge in [-0.25, -0.2) is 13.1 Å². The molecular weight excluding hydrogens is 440 g/mol. The third kappa shape index (κ3) is 3.99. The standard InChI is InChI=1S/C22H21ClN2O3S2/c23-20-5-6-21(29-20)30(26,27)25-22-15-1-2-16(22)12-17-13-19(4-3-14(17)11-15)28-18-7-9-24-10-8-18/h3-10,13,15-16,22,25H,1-2,11-12H2. The van der Waals surface area contributed by atoms with Gasteiger partial charge in [0.2, 0.25) is 10.0 Å². The molecular formula is C22H21ClN2O3S2. The number of ether oxygens (including phenoxy) is 1. The van der Waals surface area contributed by atoms with Gasteiger partial charge in [0.15, 0.2) is 0 Å². The summed E-state index contributed by atoms with van der Waals surface area (Å²) >= 11 is 7.05. The highest BCUT2D eigenvalue weighted by atomic mass is 35.5. The van der Waals surface area contributed by atoms with Gasteiger partial charge in [-0.15, -0.1) is 11.3 Å². The fraction of sp³-hybridized carbons (Fsp3) is 0.318. The molecule has 156 valence electrons. The number of halogens is 1. The van der Waals surface area contributed by atoms with Crippen molar-refractivity contribution in [1.29, 1.82) is 0 Å². The highest BCUT2D eigenvalue weighted by molar-refractivity contribution is 7.91. The van der Waals surface area contributed by atoms with E-state index in [1.165, 1.54) is 11.1 Å². The van der Waals surface area contributed by atoms with Crippen LogP contribution < -0.4 is 9.46 Å². The predicted molar refractivity (Wildman–Crippen MR) is 118 cm³/mol. The van der Waals surface area contributed by atoms with Gasteiger partial charge in [-0.3, -0.25) is 4.98 Å². The number of hydrogen-bond acceptors (Lipinski definition) is 5. The minimum Gasteiger partial charge on any atom is -0.457 e.